The molecular weight excluding hydrogens is 871 g/mol. The number of thiophene rings is 1. The van der Waals surface area contributed by atoms with Crippen molar-refractivity contribution in [3.63, 3.8) is 0 Å². The second-order valence-electron chi connectivity index (χ2n) is 15.1. The van der Waals surface area contributed by atoms with Crippen molar-refractivity contribution in [2.45, 2.75) is 38.0 Å². The summed E-state index contributed by atoms with van der Waals surface area (Å²) in [6.07, 6.45) is -0.600. The lowest BCUT2D eigenvalue weighted by Crippen LogP contribution is -2.50. The van der Waals surface area contributed by atoms with Gasteiger partial charge >= 0.3 is 5.69 Å². The third kappa shape index (κ3) is 9.42. The molecule has 326 valence electrons. The number of nitrogens with one attached hydrogen (secondary N) is 2. The number of carbonyl (C=O) groups is 4. The van der Waals surface area contributed by atoms with Crippen molar-refractivity contribution in [1.82, 2.24) is 24.8 Å². The van der Waals surface area contributed by atoms with Crippen LogP contribution in [0.1, 0.15) is 11.1 Å². The largest absolute Gasteiger partial charge is 0.342 e. The topological polar surface area (TPSA) is 139 Å². The van der Waals surface area contributed by atoms with Crippen molar-refractivity contribution in [3.05, 3.63) is 159 Å². The van der Waals surface area contributed by atoms with Gasteiger partial charge in [-0.2, -0.15) is 0 Å². The van der Waals surface area contributed by atoms with Gasteiger partial charge in [0.15, 0.2) is 0 Å². The molecule has 3 heterocycles. The van der Waals surface area contributed by atoms with E-state index in [1.807, 2.05) is 17.5 Å². The van der Waals surface area contributed by atoms with E-state index in [9.17, 15) is 41.5 Å². The van der Waals surface area contributed by atoms with Gasteiger partial charge in [0.2, 0.25) is 23.6 Å². The predicted molar refractivity (Wildman–Crippen MR) is 238 cm³/mol. The zero-order valence-electron chi connectivity index (χ0n) is 34.1. The van der Waals surface area contributed by atoms with Crippen molar-refractivity contribution in [2.75, 3.05) is 23.9 Å². The molecule has 8 aromatic rings. The van der Waals surface area contributed by atoms with Gasteiger partial charge in [-0.3, -0.25) is 28.3 Å². The second kappa shape index (κ2) is 18.3. The molecule has 0 unspecified atom stereocenters. The van der Waals surface area contributed by atoms with Gasteiger partial charge in [0.05, 0.1) is 26.8 Å². The molecule has 0 aliphatic heterocycles. The Kier molecular flexibility index (Phi) is 12.4. The van der Waals surface area contributed by atoms with Crippen molar-refractivity contribution < 1.29 is 36.7 Å². The lowest BCUT2D eigenvalue weighted by molar-refractivity contribution is -0.128. The van der Waals surface area contributed by atoms with Crippen molar-refractivity contribution in [1.29, 1.82) is 0 Å². The number of imidazole rings is 1. The summed E-state index contributed by atoms with van der Waals surface area (Å²) in [7, 11) is 3.00. The molecular formula is C46H37F4N7O5S2. The van der Waals surface area contributed by atoms with Gasteiger partial charge in [0.25, 0.3) is 0 Å². The van der Waals surface area contributed by atoms with Crippen LogP contribution in [0, 0.1) is 23.3 Å². The van der Waals surface area contributed by atoms with Gasteiger partial charge in [-0.25, -0.2) is 27.3 Å². The smallest absolute Gasteiger partial charge is 0.330 e. The molecule has 3 aromatic heterocycles. The number of hydrogen-bond donors (Lipinski definition) is 2. The molecule has 64 heavy (non-hydrogen) atoms. The maximum atomic E-state index is 14.3. The highest BCUT2D eigenvalue weighted by Crippen LogP contribution is 2.27. The normalized spacial score (nSPS) is 12.3. The molecule has 0 saturated heterocycles. The SMILES string of the molecule is CN(C(=O)[C@H](Cc1cc(F)cc(F)c1)NC(=O)Cn1c(=O)n(CC(=O)N[C@@H](Cc2cc(F)cc(F)c2)C(=O)N(C)c2ccc3scnc3c2)c2ccccc21)c1ccc2sccc2c1. The fourth-order valence-electron chi connectivity index (χ4n) is 7.61. The standard InChI is InChI=1S/C46H37F4N7O5S2/c1-54(33-7-9-40-28(19-33)11-12-63-40)44(60)36(17-26-13-29(47)20-30(48)14-26)52-42(58)23-56-38-5-3-4-6-39(38)57(46(56)62)24-43(59)53-37(18-27-15-31(49)21-32(50)16-27)45(61)55(2)34-8-10-41-35(22-34)51-25-64-41/h3-16,19-22,25,36-37H,17-18,23-24H2,1-2H3,(H,52,58)(H,53,59)/t36-,37-/m0/s1. The van der Waals surface area contributed by atoms with Crippen molar-refractivity contribution >= 4 is 89.0 Å². The molecule has 4 amide bonds. The van der Waals surface area contributed by atoms with Gasteiger partial charge in [-0.15, -0.1) is 22.7 Å². The number of para-hydroxylation sites is 2. The Morgan fingerprint density at radius 1 is 0.625 bits per heavy atom. The summed E-state index contributed by atoms with van der Waals surface area (Å²) in [4.78, 5) is 76.9. The van der Waals surface area contributed by atoms with Crippen molar-refractivity contribution in [2.24, 2.45) is 0 Å². The van der Waals surface area contributed by atoms with E-state index in [1.54, 1.807) is 60.1 Å². The molecule has 8 rings (SSSR count). The first-order valence-electron chi connectivity index (χ1n) is 19.7. The minimum atomic E-state index is -1.36. The molecule has 0 fully saturated rings. The van der Waals surface area contributed by atoms with Crippen LogP contribution >= 0.6 is 22.7 Å². The van der Waals surface area contributed by atoms with E-state index in [1.165, 1.54) is 46.6 Å². The number of hydrogen-bond acceptors (Lipinski definition) is 8. The van der Waals surface area contributed by atoms with E-state index >= 15 is 0 Å². The molecule has 0 saturated carbocycles. The summed E-state index contributed by atoms with van der Waals surface area (Å²) >= 11 is 2.94. The number of nitrogens with zero attached hydrogens (tertiary/aromatic N) is 5. The highest BCUT2D eigenvalue weighted by atomic mass is 32.1. The van der Waals surface area contributed by atoms with Crippen LogP contribution in [0.3, 0.4) is 0 Å². The van der Waals surface area contributed by atoms with E-state index in [-0.39, 0.29) is 35.0 Å². The summed E-state index contributed by atoms with van der Waals surface area (Å²) in [5, 5.41) is 8.10. The number of halogens is 4. The molecule has 18 heteroatoms. The summed E-state index contributed by atoms with van der Waals surface area (Å²) in [5.74, 6) is -6.31. The number of rotatable bonds is 14. The zero-order chi connectivity index (χ0) is 45.2. The van der Waals surface area contributed by atoms with E-state index in [2.05, 4.69) is 15.6 Å². The number of thiazole rings is 1. The maximum Gasteiger partial charge on any atom is 0.330 e. The van der Waals surface area contributed by atoms with E-state index in [0.717, 1.165) is 48.2 Å². The van der Waals surface area contributed by atoms with E-state index in [0.29, 0.717) is 29.0 Å². The van der Waals surface area contributed by atoms with Crippen LogP contribution in [0.15, 0.2) is 119 Å². The highest BCUT2D eigenvalue weighted by molar-refractivity contribution is 7.17. The van der Waals surface area contributed by atoms with Crippen LogP contribution in [-0.2, 0) is 45.1 Å². The number of benzene rings is 5. The average molecular weight is 908 g/mol. The van der Waals surface area contributed by atoms with E-state index < -0.39 is 77.8 Å². The van der Waals surface area contributed by atoms with Crippen LogP contribution in [-0.4, -0.2) is 63.9 Å². The van der Waals surface area contributed by atoms with Crippen LogP contribution < -0.4 is 26.1 Å². The summed E-state index contributed by atoms with van der Waals surface area (Å²) < 4.78 is 61.3. The average Bonchev–Trinajstić information content (AvgIpc) is 3.99. The highest BCUT2D eigenvalue weighted by Gasteiger charge is 2.29. The van der Waals surface area contributed by atoms with Gasteiger partial charge in [0, 0.05) is 55.1 Å². The summed E-state index contributed by atoms with van der Waals surface area (Å²) in [6.45, 7) is -1.25. The number of aromatic nitrogens is 3. The Morgan fingerprint density at radius 3 is 1.62 bits per heavy atom. The van der Waals surface area contributed by atoms with E-state index in [4.69, 9.17) is 0 Å². The first-order chi connectivity index (χ1) is 30.7. The van der Waals surface area contributed by atoms with Gasteiger partial charge in [0.1, 0.15) is 48.4 Å². The predicted octanol–water partition coefficient (Wildman–Crippen LogP) is 6.96. The third-order valence-corrected chi connectivity index (χ3v) is 12.4. The number of anilines is 2. The number of fused-ring (bicyclic) bond motifs is 3. The Balaban J connectivity index is 1.04. The molecule has 0 spiro atoms. The molecule has 0 radical (unpaired) electrons. The number of amides is 4. The Labute approximate surface area is 370 Å². The van der Waals surface area contributed by atoms with Gasteiger partial charge < -0.3 is 20.4 Å². The number of carbonyl (C=O) groups excluding carboxylic acids is 4. The summed E-state index contributed by atoms with van der Waals surface area (Å²) in [5.41, 5.74) is 3.18. The fourth-order valence-corrected chi connectivity index (χ4v) is 9.04. The molecule has 2 atom stereocenters. The third-order valence-electron chi connectivity index (χ3n) is 10.7. The fraction of sp³-hybridized carbons (Fsp3) is 0.174. The minimum Gasteiger partial charge on any atom is -0.342 e. The van der Waals surface area contributed by atoms with Crippen molar-refractivity contribution in [3.8, 4) is 0 Å². The summed E-state index contributed by atoms with van der Waals surface area (Å²) in [6, 6.07) is 21.7. The number of likely N-dealkylation sites (N-methyl/N-ethyl adjacent to an activating group) is 2. The first-order valence-corrected chi connectivity index (χ1v) is 21.5. The lowest BCUT2D eigenvalue weighted by Gasteiger charge is -2.25. The monoisotopic (exact) mass is 907 g/mol. The van der Waals surface area contributed by atoms with Crippen LogP contribution in [0.4, 0.5) is 28.9 Å². The molecule has 12 nitrogen and oxygen atoms in total. The maximum absolute atomic E-state index is 14.3. The van der Waals surface area contributed by atoms with Gasteiger partial charge in [-0.05, 0) is 101 Å². The van der Waals surface area contributed by atoms with Crippen LogP contribution in [0.2, 0.25) is 0 Å². The second-order valence-corrected chi connectivity index (χ2v) is 16.9. The zero-order valence-corrected chi connectivity index (χ0v) is 35.7. The lowest BCUT2D eigenvalue weighted by atomic mass is 10.0. The minimum absolute atomic E-state index is 0.0910. The first kappa shape index (κ1) is 43.5. The molecule has 0 aliphatic carbocycles. The Hall–Kier alpha value is -7.18. The molecule has 2 N–H and O–H groups in total. The van der Waals surface area contributed by atoms with Gasteiger partial charge in [-0.1, -0.05) is 12.1 Å². The Bertz CT molecular complexity index is 2920. The molecule has 0 aliphatic rings. The molecule has 5 aromatic carbocycles. The van der Waals surface area contributed by atoms with Crippen LogP contribution in [0.5, 0.6) is 0 Å². The quantitative estimate of drug-likeness (QED) is 0.113. The Morgan fingerprint density at radius 2 is 1.11 bits per heavy atom. The van der Waals surface area contributed by atoms with Crippen LogP contribution in [0.25, 0.3) is 31.3 Å². The molecule has 0 bridgehead atoms.